The van der Waals surface area contributed by atoms with Crippen LogP contribution in [0.15, 0.2) is 18.3 Å². The number of pyridine rings is 1. The third-order valence-electron chi connectivity index (χ3n) is 3.58. The van der Waals surface area contributed by atoms with Gasteiger partial charge in [0, 0.05) is 30.8 Å². The highest BCUT2D eigenvalue weighted by molar-refractivity contribution is 7.09. The Hall–Kier alpha value is -1.40. The number of halogens is 1. The largest absolute Gasteiger partial charge is 0.476 e. The minimum Gasteiger partial charge on any atom is -0.476 e. The van der Waals surface area contributed by atoms with Crippen molar-refractivity contribution in [3.63, 3.8) is 0 Å². The van der Waals surface area contributed by atoms with E-state index in [9.17, 15) is 0 Å². The lowest BCUT2D eigenvalue weighted by Gasteiger charge is -2.31. The first kappa shape index (κ1) is 14.5. The van der Waals surface area contributed by atoms with Crippen LogP contribution in [0.5, 0.6) is 5.88 Å². The summed E-state index contributed by atoms with van der Waals surface area (Å²) in [6.07, 6.45) is 3.87. The van der Waals surface area contributed by atoms with Crippen molar-refractivity contribution >= 4 is 28.3 Å². The number of rotatable bonds is 4. The predicted octanol–water partition coefficient (Wildman–Crippen LogP) is 3.19. The van der Waals surface area contributed by atoms with Crippen LogP contribution >= 0.6 is 23.1 Å². The molecule has 1 fully saturated rings. The van der Waals surface area contributed by atoms with Crippen LogP contribution < -0.4 is 9.64 Å². The van der Waals surface area contributed by atoms with Gasteiger partial charge in [-0.05, 0) is 37.8 Å². The predicted molar refractivity (Wildman–Crippen MR) is 84.3 cm³/mol. The van der Waals surface area contributed by atoms with Crippen molar-refractivity contribution in [2.45, 2.75) is 19.8 Å². The van der Waals surface area contributed by atoms with E-state index in [1.54, 1.807) is 18.3 Å². The minimum atomic E-state index is 0.529. The lowest BCUT2D eigenvalue weighted by molar-refractivity contribution is 0.216. The van der Waals surface area contributed by atoms with E-state index in [-0.39, 0.29) is 0 Å². The van der Waals surface area contributed by atoms with Gasteiger partial charge in [-0.2, -0.15) is 4.37 Å². The molecule has 0 bridgehead atoms. The third-order valence-corrected chi connectivity index (χ3v) is 4.74. The Bertz CT molecular complexity index is 598. The fraction of sp³-hybridized carbons (Fsp3) is 0.500. The Morgan fingerprint density at radius 2 is 2.24 bits per heavy atom. The lowest BCUT2D eigenvalue weighted by Crippen LogP contribution is -2.35. The molecule has 0 saturated carbocycles. The summed E-state index contributed by atoms with van der Waals surface area (Å²) in [5, 5.41) is 1.60. The molecule has 2 aromatic heterocycles. The average molecular weight is 325 g/mol. The Balaban J connectivity index is 1.49. The molecule has 0 spiro atoms. The van der Waals surface area contributed by atoms with Crippen molar-refractivity contribution < 1.29 is 4.74 Å². The van der Waals surface area contributed by atoms with E-state index >= 15 is 0 Å². The van der Waals surface area contributed by atoms with Gasteiger partial charge in [-0.1, -0.05) is 11.6 Å². The number of piperidine rings is 1. The maximum atomic E-state index is 6.04. The second-order valence-corrected chi connectivity index (χ2v) is 6.29. The number of nitrogens with zero attached hydrogens (tertiary/aromatic N) is 4. The first-order valence-corrected chi connectivity index (χ1v) is 8.16. The summed E-state index contributed by atoms with van der Waals surface area (Å²) < 4.78 is 9.97. The fourth-order valence-electron chi connectivity index (χ4n) is 2.38. The van der Waals surface area contributed by atoms with E-state index in [0.29, 0.717) is 23.4 Å². The molecule has 5 nitrogen and oxygen atoms in total. The van der Waals surface area contributed by atoms with Crippen LogP contribution in [0, 0.1) is 12.8 Å². The zero-order chi connectivity index (χ0) is 14.7. The monoisotopic (exact) mass is 324 g/mol. The highest BCUT2D eigenvalue weighted by atomic mass is 35.5. The second kappa shape index (κ2) is 6.58. The molecule has 7 heteroatoms. The maximum Gasteiger partial charge on any atom is 0.232 e. The Morgan fingerprint density at radius 3 is 2.90 bits per heavy atom. The molecule has 0 unspecified atom stereocenters. The van der Waals surface area contributed by atoms with E-state index in [0.717, 1.165) is 36.9 Å². The molecule has 0 aliphatic carbocycles. The van der Waals surface area contributed by atoms with Crippen LogP contribution in [0.3, 0.4) is 0 Å². The molecule has 1 aliphatic heterocycles. The summed E-state index contributed by atoms with van der Waals surface area (Å²) in [4.78, 5) is 10.9. The first-order valence-electron chi connectivity index (χ1n) is 7.01. The van der Waals surface area contributed by atoms with Crippen molar-refractivity contribution in [3.8, 4) is 5.88 Å². The summed E-state index contributed by atoms with van der Waals surface area (Å²) in [6, 6.07) is 3.60. The number of hydrogen-bond donors (Lipinski definition) is 0. The Labute approximate surface area is 133 Å². The number of anilines is 1. The van der Waals surface area contributed by atoms with E-state index < -0.39 is 0 Å². The van der Waals surface area contributed by atoms with Crippen molar-refractivity contribution in [2.75, 3.05) is 24.6 Å². The second-order valence-electron chi connectivity index (χ2n) is 5.16. The molecule has 3 rings (SSSR count). The van der Waals surface area contributed by atoms with Gasteiger partial charge in [0.1, 0.15) is 10.8 Å². The average Bonchev–Trinajstić information content (AvgIpc) is 2.94. The van der Waals surface area contributed by atoms with E-state index in [1.807, 2.05) is 6.92 Å². The van der Waals surface area contributed by atoms with Gasteiger partial charge in [0.25, 0.3) is 0 Å². The lowest BCUT2D eigenvalue weighted by atomic mass is 9.98. The fourth-order valence-corrected chi connectivity index (χ4v) is 3.28. The summed E-state index contributed by atoms with van der Waals surface area (Å²) >= 11 is 7.51. The molecule has 3 heterocycles. The molecule has 0 amide bonds. The Morgan fingerprint density at radius 1 is 1.43 bits per heavy atom. The molecule has 1 saturated heterocycles. The van der Waals surface area contributed by atoms with E-state index in [1.165, 1.54) is 11.5 Å². The van der Waals surface area contributed by atoms with Gasteiger partial charge in [0.15, 0.2) is 0 Å². The van der Waals surface area contributed by atoms with Crippen LogP contribution in [0.4, 0.5) is 5.13 Å². The molecule has 21 heavy (non-hydrogen) atoms. The normalized spacial score (nSPS) is 16.2. The van der Waals surface area contributed by atoms with E-state index in [2.05, 4.69) is 19.2 Å². The summed E-state index contributed by atoms with van der Waals surface area (Å²) in [7, 11) is 0. The van der Waals surface area contributed by atoms with Gasteiger partial charge in [-0.3, -0.25) is 0 Å². The van der Waals surface area contributed by atoms with Crippen LogP contribution in [0.25, 0.3) is 0 Å². The summed E-state index contributed by atoms with van der Waals surface area (Å²) in [6.45, 7) is 4.59. The number of aryl methyl sites for hydroxylation is 1. The van der Waals surface area contributed by atoms with Crippen LogP contribution in [-0.4, -0.2) is 34.0 Å². The van der Waals surface area contributed by atoms with Crippen LogP contribution in [0.1, 0.15) is 18.7 Å². The SMILES string of the molecule is Cc1nsc(N2CCC(COc3ncccc3Cl)CC2)n1. The zero-order valence-corrected chi connectivity index (χ0v) is 13.4. The van der Waals surface area contributed by atoms with Crippen molar-refractivity contribution in [1.82, 2.24) is 14.3 Å². The summed E-state index contributed by atoms with van der Waals surface area (Å²) in [5.74, 6) is 1.92. The van der Waals surface area contributed by atoms with Crippen LogP contribution in [-0.2, 0) is 0 Å². The minimum absolute atomic E-state index is 0.529. The van der Waals surface area contributed by atoms with Crippen molar-refractivity contribution in [3.05, 3.63) is 29.2 Å². The molecule has 112 valence electrons. The molecule has 0 atom stereocenters. The molecule has 0 N–H and O–H groups in total. The molecule has 2 aromatic rings. The zero-order valence-electron chi connectivity index (χ0n) is 11.8. The summed E-state index contributed by atoms with van der Waals surface area (Å²) in [5.41, 5.74) is 0. The number of aromatic nitrogens is 3. The van der Waals surface area contributed by atoms with Gasteiger partial charge < -0.3 is 9.64 Å². The smallest absolute Gasteiger partial charge is 0.232 e. The van der Waals surface area contributed by atoms with Gasteiger partial charge in [-0.25, -0.2) is 9.97 Å². The third kappa shape index (κ3) is 3.63. The standard InChI is InChI=1S/C14H17ClN4OS/c1-10-17-14(21-18-10)19-7-4-11(5-8-19)9-20-13-12(15)3-2-6-16-13/h2-3,6,11H,4-5,7-9H2,1H3. The molecule has 1 aliphatic rings. The van der Waals surface area contributed by atoms with Gasteiger partial charge in [-0.15, -0.1) is 0 Å². The molecular formula is C14H17ClN4OS. The van der Waals surface area contributed by atoms with Gasteiger partial charge >= 0.3 is 0 Å². The van der Waals surface area contributed by atoms with Gasteiger partial charge in [0.05, 0.1) is 6.61 Å². The molecule has 0 aromatic carbocycles. The maximum absolute atomic E-state index is 6.04. The topological polar surface area (TPSA) is 51.1 Å². The number of hydrogen-bond acceptors (Lipinski definition) is 6. The van der Waals surface area contributed by atoms with Gasteiger partial charge in [0.2, 0.25) is 11.0 Å². The number of ether oxygens (including phenoxy) is 1. The highest BCUT2D eigenvalue weighted by Gasteiger charge is 2.22. The van der Waals surface area contributed by atoms with E-state index in [4.69, 9.17) is 16.3 Å². The van der Waals surface area contributed by atoms with Crippen molar-refractivity contribution in [2.24, 2.45) is 5.92 Å². The van der Waals surface area contributed by atoms with Crippen LogP contribution in [0.2, 0.25) is 5.02 Å². The first-order chi connectivity index (χ1) is 10.2. The quantitative estimate of drug-likeness (QED) is 0.864. The molecule has 0 radical (unpaired) electrons. The van der Waals surface area contributed by atoms with Crippen molar-refractivity contribution in [1.29, 1.82) is 0 Å². The Kier molecular flexibility index (Phi) is 4.55. The highest BCUT2D eigenvalue weighted by Crippen LogP contribution is 2.26. The molecular weight excluding hydrogens is 308 g/mol.